The second kappa shape index (κ2) is 5.58. The smallest absolute Gasteiger partial charge is 0.0552 e. The summed E-state index contributed by atoms with van der Waals surface area (Å²) in [6, 6.07) is 23.1. The normalized spacial score (nSPS) is 12.3. The van der Waals surface area contributed by atoms with E-state index in [1.165, 1.54) is 16.5 Å². The molecule has 0 fully saturated rings. The van der Waals surface area contributed by atoms with Crippen LogP contribution in [0.1, 0.15) is 17.2 Å². The van der Waals surface area contributed by atoms with Gasteiger partial charge in [-0.25, -0.2) is 0 Å². The summed E-state index contributed by atoms with van der Waals surface area (Å²) in [6.07, 6.45) is 0. The van der Waals surface area contributed by atoms with E-state index in [0.717, 1.165) is 11.1 Å². The summed E-state index contributed by atoms with van der Waals surface area (Å²) >= 11 is 0. The molecule has 2 N–H and O–H groups in total. The van der Waals surface area contributed by atoms with Crippen molar-refractivity contribution in [1.82, 2.24) is 0 Å². The van der Waals surface area contributed by atoms with E-state index >= 15 is 0 Å². The van der Waals surface area contributed by atoms with Crippen molar-refractivity contribution in [3.8, 4) is 0 Å². The Bertz CT molecular complexity index is 762. The van der Waals surface area contributed by atoms with Crippen molar-refractivity contribution in [2.45, 2.75) is 6.04 Å². The molecule has 1 atom stereocenters. The molecular formula is C19H20N2. The van der Waals surface area contributed by atoms with Gasteiger partial charge in [0.15, 0.2) is 0 Å². The highest BCUT2D eigenvalue weighted by Crippen LogP contribution is 2.26. The zero-order chi connectivity index (χ0) is 14.8. The van der Waals surface area contributed by atoms with Crippen LogP contribution in [0.15, 0.2) is 66.7 Å². The van der Waals surface area contributed by atoms with Gasteiger partial charge in [-0.1, -0.05) is 48.5 Å². The fourth-order valence-electron chi connectivity index (χ4n) is 2.59. The van der Waals surface area contributed by atoms with Crippen LogP contribution in [0.3, 0.4) is 0 Å². The summed E-state index contributed by atoms with van der Waals surface area (Å²) in [7, 11) is 4.08. The van der Waals surface area contributed by atoms with Crippen LogP contribution in [0, 0.1) is 0 Å². The van der Waals surface area contributed by atoms with Crippen molar-refractivity contribution in [3.05, 3.63) is 77.9 Å². The molecular weight excluding hydrogens is 256 g/mol. The summed E-state index contributed by atoms with van der Waals surface area (Å²) in [5, 5.41) is 2.48. The van der Waals surface area contributed by atoms with Crippen LogP contribution in [0.4, 0.5) is 5.69 Å². The van der Waals surface area contributed by atoms with Crippen LogP contribution < -0.4 is 10.6 Å². The zero-order valence-corrected chi connectivity index (χ0v) is 12.5. The SMILES string of the molecule is CN(C)c1cccc(C(N)c2ccc3ccccc3c2)c1. The van der Waals surface area contributed by atoms with Crippen LogP contribution in [0.5, 0.6) is 0 Å². The molecule has 0 saturated carbocycles. The minimum Gasteiger partial charge on any atom is -0.378 e. The summed E-state index contributed by atoms with van der Waals surface area (Å²) in [5.41, 5.74) is 9.91. The van der Waals surface area contributed by atoms with Gasteiger partial charge in [0.1, 0.15) is 0 Å². The van der Waals surface area contributed by atoms with Gasteiger partial charge in [0.25, 0.3) is 0 Å². The molecule has 0 aliphatic carbocycles. The molecule has 106 valence electrons. The van der Waals surface area contributed by atoms with Crippen molar-refractivity contribution >= 4 is 16.5 Å². The maximum absolute atomic E-state index is 6.46. The highest BCUT2D eigenvalue weighted by molar-refractivity contribution is 5.83. The summed E-state index contributed by atoms with van der Waals surface area (Å²) < 4.78 is 0. The molecule has 3 aromatic carbocycles. The van der Waals surface area contributed by atoms with Crippen LogP contribution in [0.25, 0.3) is 10.8 Å². The first-order chi connectivity index (χ1) is 10.1. The van der Waals surface area contributed by atoms with Crippen molar-refractivity contribution in [2.24, 2.45) is 5.73 Å². The maximum atomic E-state index is 6.46. The van der Waals surface area contributed by atoms with Gasteiger partial charge in [-0.15, -0.1) is 0 Å². The third-order valence-corrected chi connectivity index (χ3v) is 3.88. The van der Waals surface area contributed by atoms with E-state index in [4.69, 9.17) is 5.73 Å². The Morgan fingerprint density at radius 1 is 0.762 bits per heavy atom. The lowest BCUT2D eigenvalue weighted by Gasteiger charge is -2.17. The van der Waals surface area contributed by atoms with E-state index in [1.54, 1.807) is 0 Å². The number of anilines is 1. The van der Waals surface area contributed by atoms with E-state index in [9.17, 15) is 0 Å². The number of hydrogen-bond acceptors (Lipinski definition) is 2. The molecule has 0 amide bonds. The highest BCUT2D eigenvalue weighted by atomic mass is 15.1. The molecule has 3 aromatic rings. The molecule has 2 heteroatoms. The molecule has 0 saturated heterocycles. The number of fused-ring (bicyclic) bond motifs is 1. The first-order valence-electron chi connectivity index (χ1n) is 7.17. The predicted molar refractivity (Wildman–Crippen MR) is 90.7 cm³/mol. The predicted octanol–water partition coefficient (Wildman–Crippen LogP) is 3.95. The maximum Gasteiger partial charge on any atom is 0.0552 e. The van der Waals surface area contributed by atoms with Gasteiger partial charge in [-0.2, -0.15) is 0 Å². The summed E-state index contributed by atoms with van der Waals surface area (Å²) in [6.45, 7) is 0. The molecule has 0 spiro atoms. The Kier molecular flexibility index (Phi) is 3.63. The van der Waals surface area contributed by atoms with E-state index in [-0.39, 0.29) is 6.04 Å². The largest absolute Gasteiger partial charge is 0.378 e. The van der Waals surface area contributed by atoms with E-state index in [1.807, 2.05) is 14.1 Å². The fourth-order valence-corrected chi connectivity index (χ4v) is 2.59. The molecule has 2 nitrogen and oxygen atoms in total. The average Bonchev–Trinajstić information content (AvgIpc) is 2.53. The zero-order valence-electron chi connectivity index (χ0n) is 12.5. The molecule has 0 radical (unpaired) electrons. The Labute approximate surface area is 125 Å². The van der Waals surface area contributed by atoms with Gasteiger partial charge >= 0.3 is 0 Å². The number of nitrogens with two attached hydrogens (primary N) is 1. The van der Waals surface area contributed by atoms with Crippen molar-refractivity contribution < 1.29 is 0 Å². The minimum absolute atomic E-state index is 0.102. The third-order valence-electron chi connectivity index (χ3n) is 3.88. The standard InChI is InChI=1S/C19H20N2/c1-21(2)18-9-5-8-16(13-18)19(20)17-11-10-14-6-3-4-7-15(14)12-17/h3-13,19H,20H2,1-2H3. The summed E-state index contributed by atoms with van der Waals surface area (Å²) in [5.74, 6) is 0. The van der Waals surface area contributed by atoms with Gasteiger partial charge in [0.05, 0.1) is 6.04 Å². The molecule has 1 unspecified atom stereocenters. The molecule has 0 aliphatic heterocycles. The molecule has 0 aliphatic rings. The number of hydrogen-bond donors (Lipinski definition) is 1. The molecule has 3 rings (SSSR count). The van der Waals surface area contributed by atoms with Gasteiger partial charge in [0.2, 0.25) is 0 Å². The van der Waals surface area contributed by atoms with E-state index in [0.29, 0.717) is 0 Å². The van der Waals surface area contributed by atoms with Crippen molar-refractivity contribution in [3.63, 3.8) is 0 Å². The monoisotopic (exact) mass is 276 g/mol. The Balaban J connectivity index is 1.99. The summed E-state index contributed by atoms with van der Waals surface area (Å²) in [4.78, 5) is 2.09. The number of benzene rings is 3. The Hall–Kier alpha value is -2.32. The third kappa shape index (κ3) is 2.76. The first-order valence-corrected chi connectivity index (χ1v) is 7.17. The lowest BCUT2D eigenvalue weighted by atomic mass is 9.96. The molecule has 0 heterocycles. The van der Waals surface area contributed by atoms with E-state index in [2.05, 4.69) is 71.6 Å². The Morgan fingerprint density at radius 3 is 2.24 bits per heavy atom. The van der Waals surface area contributed by atoms with Crippen LogP contribution in [-0.4, -0.2) is 14.1 Å². The van der Waals surface area contributed by atoms with Crippen molar-refractivity contribution in [2.75, 3.05) is 19.0 Å². The molecule has 0 aromatic heterocycles. The van der Waals surface area contributed by atoms with Gasteiger partial charge < -0.3 is 10.6 Å². The molecule has 21 heavy (non-hydrogen) atoms. The minimum atomic E-state index is -0.102. The van der Waals surface area contributed by atoms with Crippen LogP contribution in [-0.2, 0) is 0 Å². The topological polar surface area (TPSA) is 29.3 Å². The average molecular weight is 276 g/mol. The van der Waals surface area contributed by atoms with Gasteiger partial charge in [0, 0.05) is 19.8 Å². The Morgan fingerprint density at radius 2 is 1.48 bits per heavy atom. The van der Waals surface area contributed by atoms with Gasteiger partial charge in [-0.05, 0) is 40.1 Å². The quantitative estimate of drug-likeness (QED) is 0.784. The number of rotatable bonds is 3. The lowest BCUT2D eigenvalue weighted by Crippen LogP contribution is -2.14. The fraction of sp³-hybridized carbons (Fsp3) is 0.158. The second-order valence-corrected chi connectivity index (χ2v) is 5.57. The van der Waals surface area contributed by atoms with Crippen LogP contribution in [0.2, 0.25) is 0 Å². The van der Waals surface area contributed by atoms with Crippen LogP contribution >= 0.6 is 0 Å². The van der Waals surface area contributed by atoms with Crippen molar-refractivity contribution in [1.29, 1.82) is 0 Å². The second-order valence-electron chi connectivity index (χ2n) is 5.57. The van der Waals surface area contributed by atoms with Gasteiger partial charge in [-0.3, -0.25) is 0 Å². The molecule has 0 bridgehead atoms. The number of nitrogens with zero attached hydrogens (tertiary/aromatic N) is 1. The first kappa shape index (κ1) is 13.7. The van der Waals surface area contributed by atoms with E-state index < -0.39 is 0 Å². The lowest BCUT2D eigenvalue weighted by molar-refractivity contribution is 0.872. The highest BCUT2D eigenvalue weighted by Gasteiger charge is 2.10.